The second kappa shape index (κ2) is 8.13. The summed E-state index contributed by atoms with van der Waals surface area (Å²) in [5.41, 5.74) is 0.447. The van der Waals surface area contributed by atoms with Gasteiger partial charge in [-0.1, -0.05) is 44.7 Å². The first-order valence-electron chi connectivity index (χ1n) is 6.17. The zero-order valence-corrected chi connectivity index (χ0v) is 11.0. The van der Waals surface area contributed by atoms with Crippen LogP contribution in [0.1, 0.15) is 49.4 Å². The Hall–Kier alpha value is -1.02. The number of halogens is 1. The topological polar surface area (TPSA) is 26.3 Å². The maximum absolute atomic E-state index is 11.1. The fourth-order valence-corrected chi connectivity index (χ4v) is 1.80. The van der Waals surface area contributed by atoms with Crippen LogP contribution >= 0.6 is 11.6 Å². The van der Waals surface area contributed by atoms with Gasteiger partial charge in [-0.2, -0.15) is 0 Å². The Balaban J connectivity index is 2.34. The Morgan fingerprint density at radius 1 is 1.18 bits per heavy atom. The van der Waals surface area contributed by atoms with Gasteiger partial charge in [0.15, 0.2) is 0 Å². The molecule has 0 aliphatic heterocycles. The van der Waals surface area contributed by atoms with Crippen molar-refractivity contribution in [3.05, 3.63) is 29.8 Å². The van der Waals surface area contributed by atoms with Crippen molar-refractivity contribution in [2.45, 2.75) is 39.0 Å². The van der Waals surface area contributed by atoms with Gasteiger partial charge < -0.3 is 4.74 Å². The van der Waals surface area contributed by atoms with Gasteiger partial charge >= 0.3 is 0 Å². The molecule has 0 saturated carbocycles. The van der Waals surface area contributed by atoms with Gasteiger partial charge in [-0.05, 0) is 30.2 Å². The Bertz CT molecular complexity index is 350. The van der Waals surface area contributed by atoms with E-state index in [4.69, 9.17) is 16.3 Å². The number of hydrogen-bond acceptors (Lipinski definition) is 2. The van der Waals surface area contributed by atoms with E-state index in [-0.39, 0.29) is 0 Å². The zero-order valence-electron chi connectivity index (χ0n) is 10.2. The van der Waals surface area contributed by atoms with Crippen LogP contribution in [0.3, 0.4) is 0 Å². The van der Waals surface area contributed by atoms with E-state index in [1.54, 1.807) is 18.2 Å². The molecule has 0 saturated heterocycles. The highest BCUT2D eigenvalue weighted by molar-refractivity contribution is 6.68. The van der Waals surface area contributed by atoms with Gasteiger partial charge in [0.1, 0.15) is 5.75 Å². The predicted octanol–water partition coefficient (Wildman–Crippen LogP) is 4.41. The van der Waals surface area contributed by atoms with Crippen molar-refractivity contribution in [3.63, 3.8) is 0 Å². The molecule has 0 spiro atoms. The van der Waals surface area contributed by atoms with Crippen molar-refractivity contribution in [1.82, 2.24) is 0 Å². The summed E-state index contributed by atoms with van der Waals surface area (Å²) in [6.45, 7) is 2.84. The van der Waals surface area contributed by atoms with E-state index in [2.05, 4.69) is 6.92 Å². The lowest BCUT2D eigenvalue weighted by atomic mass is 10.2. The average Bonchev–Trinajstić information content (AvgIpc) is 2.34. The molecule has 17 heavy (non-hydrogen) atoms. The van der Waals surface area contributed by atoms with E-state index in [1.165, 1.54) is 25.7 Å². The van der Waals surface area contributed by atoms with Crippen molar-refractivity contribution in [1.29, 1.82) is 0 Å². The maximum atomic E-state index is 11.1. The molecule has 1 aromatic carbocycles. The third kappa shape index (κ3) is 5.22. The highest BCUT2D eigenvalue weighted by atomic mass is 35.5. The average molecular weight is 255 g/mol. The van der Waals surface area contributed by atoms with Crippen molar-refractivity contribution in [3.8, 4) is 5.75 Å². The van der Waals surface area contributed by atoms with Crippen LogP contribution in [0.5, 0.6) is 5.75 Å². The van der Waals surface area contributed by atoms with Crippen molar-refractivity contribution in [2.24, 2.45) is 0 Å². The van der Waals surface area contributed by atoms with E-state index >= 15 is 0 Å². The lowest BCUT2D eigenvalue weighted by molar-refractivity contribution is 0.107. The van der Waals surface area contributed by atoms with E-state index in [1.807, 2.05) is 6.07 Å². The summed E-state index contributed by atoms with van der Waals surface area (Å²) >= 11 is 5.47. The summed E-state index contributed by atoms with van der Waals surface area (Å²) in [4.78, 5) is 11.1. The molecule has 1 rings (SSSR count). The van der Waals surface area contributed by atoms with E-state index in [0.29, 0.717) is 17.9 Å². The number of carbonyl (C=O) groups is 1. The Morgan fingerprint density at radius 2 is 1.88 bits per heavy atom. The van der Waals surface area contributed by atoms with E-state index in [0.717, 1.165) is 6.42 Å². The third-order valence-electron chi connectivity index (χ3n) is 2.60. The van der Waals surface area contributed by atoms with Gasteiger partial charge in [-0.25, -0.2) is 0 Å². The molecular formula is C14H19ClO2. The van der Waals surface area contributed by atoms with Gasteiger partial charge in [0, 0.05) is 0 Å². The van der Waals surface area contributed by atoms with Crippen LogP contribution in [0.15, 0.2) is 24.3 Å². The van der Waals surface area contributed by atoms with E-state index in [9.17, 15) is 4.79 Å². The van der Waals surface area contributed by atoms with Crippen LogP contribution in [0.4, 0.5) is 0 Å². The molecular weight excluding hydrogens is 236 g/mol. The molecule has 0 heterocycles. The van der Waals surface area contributed by atoms with Gasteiger partial charge in [0.2, 0.25) is 0 Å². The normalized spacial score (nSPS) is 10.2. The van der Waals surface area contributed by atoms with Gasteiger partial charge in [-0.15, -0.1) is 0 Å². The van der Waals surface area contributed by atoms with Crippen LogP contribution in [0, 0.1) is 0 Å². The summed E-state index contributed by atoms with van der Waals surface area (Å²) in [5.74, 6) is 0.586. The molecule has 0 N–H and O–H groups in total. The minimum absolute atomic E-state index is 0.447. The minimum atomic E-state index is -0.466. The van der Waals surface area contributed by atoms with Gasteiger partial charge in [0.25, 0.3) is 5.24 Å². The first kappa shape index (κ1) is 14.0. The predicted molar refractivity (Wildman–Crippen MR) is 70.9 cm³/mol. The summed E-state index contributed by atoms with van der Waals surface area (Å²) in [5, 5.41) is -0.466. The number of para-hydroxylation sites is 1. The first-order chi connectivity index (χ1) is 8.25. The van der Waals surface area contributed by atoms with Crippen molar-refractivity contribution >= 4 is 16.8 Å². The molecule has 0 aliphatic rings. The number of ether oxygens (including phenoxy) is 1. The highest BCUT2D eigenvalue weighted by Gasteiger charge is 2.08. The molecule has 0 fully saturated rings. The molecule has 94 valence electrons. The van der Waals surface area contributed by atoms with Gasteiger partial charge in [0.05, 0.1) is 12.2 Å². The van der Waals surface area contributed by atoms with Gasteiger partial charge in [-0.3, -0.25) is 4.79 Å². The fourth-order valence-electron chi connectivity index (χ4n) is 1.64. The number of unbranched alkanes of at least 4 members (excludes halogenated alkanes) is 4. The number of benzene rings is 1. The lowest BCUT2D eigenvalue weighted by Gasteiger charge is -2.08. The summed E-state index contributed by atoms with van der Waals surface area (Å²) in [6, 6.07) is 7.09. The zero-order chi connectivity index (χ0) is 12.5. The molecule has 0 radical (unpaired) electrons. The monoisotopic (exact) mass is 254 g/mol. The van der Waals surface area contributed by atoms with E-state index < -0.39 is 5.24 Å². The number of hydrogen-bond donors (Lipinski definition) is 0. The Labute approximate surface area is 108 Å². The van der Waals surface area contributed by atoms with Crippen LogP contribution < -0.4 is 4.74 Å². The molecule has 2 nitrogen and oxygen atoms in total. The second-order valence-electron chi connectivity index (χ2n) is 4.03. The lowest BCUT2D eigenvalue weighted by Crippen LogP contribution is -2.01. The SMILES string of the molecule is CCCCCCCOc1ccccc1C(=O)Cl. The molecule has 3 heteroatoms. The molecule has 0 atom stereocenters. The maximum Gasteiger partial charge on any atom is 0.256 e. The molecule has 0 amide bonds. The summed E-state index contributed by atoms with van der Waals surface area (Å²) < 4.78 is 5.57. The molecule has 0 aliphatic carbocycles. The molecule has 0 bridgehead atoms. The van der Waals surface area contributed by atoms with Crippen molar-refractivity contribution < 1.29 is 9.53 Å². The molecule has 0 unspecified atom stereocenters. The summed E-state index contributed by atoms with van der Waals surface area (Å²) in [6.07, 6.45) is 5.95. The van der Waals surface area contributed by atoms with Crippen LogP contribution in [0.25, 0.3) is 0 Å². The van der Waals surface area contributed by atoms with Crippen molar-refractivity contribution in [2.75, 3.05) is 6.61 Å². The minimum Gasteiger partial charge on any atom is -0.493 e. The Morgan fingerprint density at radius 3 is 2.59 bits per heavy atom. The first-order valence-corrected chi connectivity index (χ1v) is 6.55. The van der Waals surface area contributed by atoms with Crippen LogP contribution in [-0.4, -0.2) is 11.8 Å². The second-order valence-corrected chi connectivity index (χ2v) is 4.38. The van der Waals surface area contributed by atoms with Crippen LogP contribution in [-0.2, 0) is 0 Å². The fraction of sp³-hybridized carbons (Fsp3) is 0.500. The largest absolute Gasteiger partial charge is 0.493 e. The quantitative estimate of drug-likeness (QED) is 0.507. The number of rotatable bonds is 8. The standard InChI is InChI=1S/C14H19ClO2/c1-2-3-4-5-8-11-17-13-10-7-6-9-12(13)14(15)16/h6-7,9-10H,2-5,8,11H2,1H3. The summed E-state index contributed by atoms with van der Waals surface area (Å²) in [7, 11) is 0. The van der Waals surface area contributed by atoms with Crippen LogP contribution in [0.2, 0.25) is 0 Å². The molecule has 0 aromatic heterocycles. The third-order valence-corrected chi connectivity index (χ3v) is 2.81. The highest BCUT2D eigenvalue weighted by Crippen LogP contribution is 2.20. The molecule has 1 aromatic rings. The Kier molecular flexibility index (Phi) is 6.71. The number of carbonyl (C=O) groups excluding carboxylic acids is 1. The smallest absolute Gasteiger partial charge is 0.256 e.